The van der Waals surface area contributed by atoms with E-state index in [-0.39, 0.29) is 47.2 Å². The number of hydrogen-bond acceptors (Lipinski definition) is 5. The van der Waals surface area contributed by atoms with Crippen LogP contribution in [-0.2, 0) is 24.4 Å². The van der Waals surface area contributed by atoms with E-state index in [0.717, 1.165) is 44.9 Å². The van der Waals surface area contributed by atoms with Gasteiger partial charge in [0.15, 0.2) is 0 Å². The van der Waals surface area contributed by atoms with Crippen molar-refractivity contribution < 1.29 is 22.8 Å². The number of amides is 3. The van der Waals surface area contributed by atoms with Crippen molar-refractivity contribution in [2.75, 3.05) is 25.0 Å². The summed E-state index contributed by atoms with van der Waals surface area (Å²) in [4.78, 5) is 39.0. The van der Waals surface area contributed by atoms with Crippen LogP contribution in [-0.4, -0.2) is 55.0 Å². The normalized spacial score (nSPS) is 24.8. The Hall–Kier alpha value is -2.26. The lowest BCUT2D eigenvalue weighted by molar-refractivity contribution is -0.140. The zero-order chi connectivity index (χ0) is 22.0. The predicted molar refractivity (Wildman–Crippen MR) is 114 cm³/mol. The maximum absolute atomic E-state index is 13.1. The molecular formula is C22H29N3O5S. The summed E-state index contributed by atoms with van der Waals surface area (Å²) in [6.45, 7) is 0.982. The predicted octanol–water partition coefficient (Wildman–Crippen LogP) is 2.37. The zero-order valence-electron chi connectivity index (χ0n) is 17.6. The number of para-hydroxylation sites is 1. The Kier molecular flexibility index (Phi) is 6.43. The number of benzene rings is 1. The number of rotatable bonds is 6. The van der Waals surface area contributed by atoms with Crippen LogP contribution >= 0.6 is 0 Å². The maximum Gasteiger partial charge on any atom is 0.245 e. The van der Waals surface area contributed by atoms with Crippen LogP contribution < -0.4 is 5.32 Å². The third-order valence-electron chi connectivity index (χ3n) is 6.59. The molecule has 9 heteroatoms. The first-order valence-electron chi connectivity index (χ1n) is 11.1. The standard InChI is InChI=1S/C22H29N3O5S/c26-20(12-15-25-21(27)16-8-2-3-9-17(16)22(25)28)23-18-10-4-5-11-19(18)31(29,30)24-13-6-1-7-14-24/h4-5,10-11,16-17H,1-3,6-9,12-15H2,(H,23,26). The van der Waals surface area contributed by atoms with Crippen LogP contribution in [0.3, 0.4) is 0 Å². The molecule has 0 aromatic heterocycles. The molecule has 8 nitrogen and oxygen atoms in total. The van der Waals surface area contributed by atoms with Gasteiger partial charge in [-0.05, 0) is 37.8 Å². The van der Waals surface area contributed by atoms with Crippen LogP contribution in [0, 0.1) is 11.8 Å². The molecule has 2 atom stereocenters. The number of imide groups is 1. The molecule has 4 rings (SSSR count). The number of hydrogen-bond donors (Lipinski definition) is 1. The van der Waals surface area contributed by atoms with Gasteiger partial charge in [-0.25, -0.2) is 8.42 Å². The van der Waals surface area contributed by atoms with Crippen LogP contribution in [0.5, 0.6) is 0 Å². The highest BCUT2D eigenvalue weighted by atomic mass is 32.2. The van der Waals surface area contributed by atoms with Crippen molar-refractivity contribution in [2.45, 2.75) is 56.3 Å². The van der Waals surface area contributed by atoms with Crippen LogP contribution in [0.1, 0.15) is 51.4 Å². The molecule has 2 aliphatic heterocycles. The van der Waals surface area contributed by atoms with E-state index in [1.807, 2.05) is 0 Å². The summed E-state index contributed by atoms with van der Waals surface area (Å²) in [5.41, 5.74) is 0.228. The average Bonchev–Trinajstić information content (AvgIpc) is 3.03. The number of carbonyl (C=O) groups is 3. The summed E-state index contributed by atoms with van der Waals surface area (Å²) in [6.07, 6.45) is 5.99. The number of anilines is 1. The van der Waals surface area contributed by atoms with E-state index < -0.39 is 15.9 Å². The van der Waals surface area contributed by atoms with E-state index >= 15 is 0 Å². The third-order valence-corrected chi connectivity index (χ3v) is 8.55. The Morgan fingerprint density at radius 3 is 2.19 bits per heavy atom. The lowest BCUT2D eigenvalue weighted by Gasteiger charge is -2.26. The Bertz CT molecular complexity index is 947. The van der Waals surface area contributed by atoms with Gasteiger partial charge in [-0.1, -0.05) is 31.4 Å². The summed E-state index contributed by atoms with van der Waals surface area (Å²) in [5.74, 6) is -1.23. The first-order valence-corrected chi connectivity index (χ1v) is 12.6. The van der Waals surface area contributed by atoms with Gasteiger partial charge < -0.3 is 5.32 Å². The van der Waals surface area contributed by atoms with E-state index in [1.165, 1.54) is 15.3 Å². The highest BCUT2D eigenvalue weighted by Crippen LogP contribution is 2.38. The number of fused-ring (bicyclic) bond motifs is 1. The third kappa shape index (κ3) is 4.39. The van der Waals surface area contributed by atoms with Gasteiger partial charge in [-0.3, -0.25) is 19.3 Å². The Morgan fingerprint density at radius 2 is 1.55 bits per heavy atom. The molecule has 1 aromatic carbocycles. The summed E-state index contributed by atoms with van der Waals surface area (Å²) in [7, 11) is -3.70. The second-order valence-electron chi connectivity index (χ2n) is 8.58. The fraction of sp³-hybridized carbons (Fsp3) is 0.591. The molecule has 3 amide bonds. The van der Waals surface area contributed by atoms with Gasteiger partial charge in [0.05, 0.1) is 17.5 Å². The second kappa shape index (κ2) is 9.08. The Morgan fingerprint density at radius 1 is 0.935 bits per heavy atom. The number of likely N-dealkylation sites (tertiary alicyclic amines) is 1. The lowest BCUT2D eigenvalue weighted by Crippen LogP contribution is -2.36. The van der Waals surface area contributed by atoms with Crippen LogP contribution in [0.2, 0.25) is 0 Å². The molecule has 168 valence electrons. The second-order valence-corrected chi connectivity index (χ2v) is 10.5. The van der Waals surface area contributed by atoms with E-state index in [9.17, 15) is 22.8 Å². The monoisotopic (exact) mass is 447 g/mol. The molecular weight excluding hydrogens is 418 g/mol. The Labute approximate surface area is 183 Å². The molecule has 0 spiro atoms. The number of carbonyl (C=O) groups excluding carboxylic acids is 3. The number of nitrogens with one attached hydrogen (secondary N) is 1. The van der Waals surface area contributed by atoms with E-state index in [0.29, 0.717) is 13.1 Å². The molecule has 3 fully saturated rings. The van der Waals surface area contributed by atoms with Gasteiger partial charge in [0.1, 0.15) is 4.90 Å². The van der Waals surface area contributed by atoms with E-state index in [2.05, 4.69) is 5.32 Å². The highest BCUT2D eigenvalue weighted by Gasteiger charge is 2.47. The minimum absolute atomic E-state index is 0.0253. The molecule has 1 N–H and O–H groups in total. The minimum Gasteiger partial charge on any atom is -0.325 e. The summed E-state index contributed by atoms with van der Waals surface area (Å²) in [6, 6.07) is 6.37. The summed E-state index contributed by atoms with van der Waals surface area (Å²) >= 11 is 0. The quantitative estimate of drug-likeness (QED) is 0.674. The molecule has 0 bridgehead atoms. The molecule has 1 aromatic rings. The fourth-order valence-electron chi connectivity index (χ4n) is 4.92. The first-order chi connectivity index (χ1) is 14.9. The molecule has 31 heavy (non-hydrogen) atoms. The van der Waals surface area contributed by atoms with Crippen molar-refractivity contribution in [3.05, 3.63) is 24.3 Å². The van der Waals surface area contributed by atoms with Crippen molar-refractivity contribution in [1.29, 1.82) is 0 Å². The largest absolute Gasteiger partial charge is 0.325 e. The van der Waals surface area contributed by atoms with Crippen molar-refractivity contribution in [3.8, 4) is 0 Å². The zero-order valence-corrected chi connectivity index (χ0v) is 18.4. The molecule has 2 saturated heterocycles. The number of sulfonamides is 1. The van der Waals surface area contributed by atoms with Gasteiger partial charge in [-0.2, -0.15) is 4.31 Å². The van der Waals surface area contributed by atoms with E-state index in [4.69, 9.17) is 0 Å². The summed E-state index contributed by atoms with van der Waals surface area (Å²) < 4.78 is 27.6. The van der Waals surface area contributed by atoms with Crippen LogP contribution in [0.4, 0.5) is 5.69 Å². The van der Waals surface area contributed by atoms with Crippen LogP contribution in [0.15, 0.2) is 29.2 Å². The SMILES string of the molecule is O=C(CCN1C(=O)C2CCCCC2C1=O)Nc1ccccc1S(=O)(=O)N1CCCCC1. The molecule has 1 saturated carbocycles. The smallest absolute Gasteiger partial charge is 0.245 e. The Balaban J connectivity index is 1.42. The molecule has 0 radical (unpaired) electrons. The molecule has 1 aliphatic carbocycles. The van der Waals surface area contributed by atoms with Crippen molar-refractivity contribution >= 4 is 33.4 Å². The van der Waals surface area contributed by atoms with Gasteiger partial charge in [0, 0.05) is 26.1 Å². The lowest BCUT2D eigenvalue weighted by atomic mass is 9.81. The first kappa shape index (κ1) is 22.0. The summed E-state index contributed by atoms with van der Waals surface area (Å²) in [5, 5.41) is 2.68. The molecule has 2 heterocycles. The topological polar surface area (TPSA) is 104 Å². The van der Waals surface area contributed by atoms with E-state index in [1.54, 1.807) is 18.2 Å². The van der Waals surface area contributed by atoms with Crippen molar-refractivity contribution in [1.82, 2.24) is 9.21 Å². The van der Waals surface area contributed by atoms with Gasteiger partial charge in [0.2, 0.25) is 27.7 Å². The van der Waals surface area contributed by atoms with Crippen LogP contribution in [0.25, 0.3) is 0 Å². The molecule has 2 unspecified atom stereocenters. The van der Waals surface area contributed by atoms with Crippen molar-refractivity contribution in [2.24, 2.45) is 11.8 Å². The maximum atomic E-state index is 13.1. The van der Waals surface area contributed by atoms with Crippen molar-refractivity contribution in [3.63, 3.8) is 0 Å². The minimum atomic E-state index is -3.70. The van der Waals surface area contributed by atoms with Gasteiger partial charge in [-0.15, -0.1) is 0 Å². The molecule has 3 aliphatic rings. The highest BCUT2D eigenvalue weighted by molar-refractivity contribution is 7.89. The number of nitrogens with zero attached hydrogens (tertiary/aromatic N) is 2. The van der Waals surface area contributed by atoms with Gasteiger partial charge in [0.25, 0.3) is 0 Å². The number of piperidine rings is 1. The van der Waals surface area contributed by atoms with Gasteiger partial charge >= 0.3 is 0 Å². The fourth-order valence-corrected chi connectivity index (χ4v) is 6.58. The average molecular weight is 448 g/mol.